The van der Waals surface area contributed by atoms with E-state index < -0.39 is 0 Å². The van der Waals surface area contributed by atoms with Gasteiger partial charge in [0, 0.05) is 10.9 Å². The number of thiazole rings is 1. The molecule has 0 radical (unpaired) electrons. The zero-order chi connectivity index (χ0) is 18.1. The van der Waals surface area contributed by atoms with Gasteiger partial charge in [0.2, 0.25) is 5.91 Å². The van der Waals surface area contributed by atoms with Crippen molar-refractivity contribution >= 4 is 34.5 Å². The van der Waals surface area contributed by atoms with Gasteiger partial charge in [0.05, 0.1) is 11.4 Å². The van der Waals surface area contributed by atoms with Gasteiger partial charge in [0.15, 0.2) is 0 Å². The Hall–Kier alpha value is -2.99. The maximum atomic E-state index is 12.9. The third-order valence-electron chi connectivity index (χ3n) is 4.35. The van der Waals surface area contributed by atoms with Crippen LogP contribution in [-0.2, 0) is 11.2 Å². The number of aryl methyl sites for hydroxylation is 1. The van der Waals surface area contributed by atoms with Crippen LogP contribution in [0.15, 0.2) is 53.9 Å². The first kappa shape index (κ1) is 16.5. The van der Waals surface area contributed by atoms with Gasteiger partial charge in [-0.05, 0) is 24.1 Å². The lowest BCUT2D eigenvalue weighted by molar-refractivity contribution is -0.115. The lowest BCUT2D eigenvalue weighted by Gasteiger charge is -2.28. The van der Waals surface area contributed by atoms with E-state index in [1.54, 1.807) is 11.4 Å². The molecule has 5 nitrogen and oxygen atoms in total. The predicted molar refractivity (Wildman–Crippen MR) is 104 cm³/mol. The number of nitrogens with zero attached hydrogens (tertiary/aromatic N) is 2. The maximum absolute atomic E-state index is 12.9. The van der Waals surface area contributed by atoms with E-state index in [9.17, 15) is 9.59 Å². The second-order valence-corrected chi connectivity index (χ2v) is 6.90. The molecule has 26 heavy (non-hydrogen) atoms. The van der Waals surface area contributed by atoms with Crippen LogP contribution in [0.3, 0.4) is 0 Å². The van der Waals surface area contributed by atoms with Crippen LogP contribution in [-0.4, -0.2) is 23.3 Å². The van der Waals surface area contributed by atoms with Crippen molar-refractivity contribution in [3.63, 3.8) is 0 Å². The number of hydrogen-bond acceptors (Lipinski definition) is 4. The van der Waals surface area contributed by atoms with E-state index in [-0.39, 0.29) is 18.4 Å². The number of benzene rings is 2. The summed E-state index contributed by atoms with van der Waals surface area (Å²) < 4.78 is 0. The molecule has 0 bridgehead atoms. The van der Waals surface area contributed by atoms with Crippen LogP contribution in [0.4, 0.5) is 11.4 Å². The van der Waals surface area contributed by atoms with Gasteiger partial charge >= 0.3 is 0 Å². The highest BCUT2D eigenvalue weighted by atomic mass is 32.1. The molecule has 2 amide bonds. The Balaban J connectivity index is 1.63. The molecule has 1 aliphatic heterocycles. The third-order valence-corrected chi connectivity index (χ3v) is 5.24. The molecule has 1 aromatic heterocycles. The highest BCUT2D eigenvalue weighted by Crippen LogP contribution is 2.31. The summed E-state index contributed by atoms with van der Waals surface area (Å²) in [5.74, 6) is -0.470. The van der Waals surface area contributed by atoms with Gasteiger partial charge in [0.25, 0.3) is 5.91 Å². The number of rotatable bonds is 3. The van der Waals surface area contributed by atoms with Crippen molar-refractivity contribution in [1.29, 1.82) is 0 Å². The average Bonchev–Trinajstić information content (AvgIpc) is 3.17. The number of aromatic nitrogens is 1. The topological polar surface area (TPSA) is 62.3 Å². The number of para-hydroxylation sites is 2. The summed E-state index contributed by atoms with van der Waals surface area (Å²) in [6, 6.07) is 15.5. The van der Waals surface area contributed by atoms with Crippen molar-refractivity contribution in [2.75, 3.05) is 16.8 Å². The van der Waals surface area contributed by atoms with Gasteiger partial charge in [-0.25, -0.2) is 4.98 Å². The van der Waals surface area contributed by atoms with Crippen LogP contribution < -0.4 is 10.2 Å². The summed E-state index contributed by atoms with van der Waals surface area (Å²) in [6.07, 6.45) is 0.984. The van der Waals surface area contributed by atoms with E-state index in [1.807, 2.05) is 30.3 Å². The molecule has 2 aromatic carbocycles. The number of carbonyl (C=O) groups is 2. The zero-order valence-corrected chi connectivity index (χ0v) is 15.0. The fourth-order valence-corrected chi connectivity index (χ4v) is 3.74. The SMILES string of the molecule is CCc1ccc(-c2nc(C(=O)N3CC(=O)Nc4ccccc43)cs2)cc1. The molecule has 0 unspecified atom stereocenters. The Morgan fingerprint density at radius 1 is 1.19 bits per heavy atom. The van der Waals surface area contributed by atoms with Crippen molar-refractivity contribution in [1.82, 2.24) is 4.98 Å². The van der Waals surface area contributed by atoms with Crippen LogP contribution in [0, 0.1) is 0 Å². The first-order valence-electron chi connectivity index (χ1n) is 8.41. The van der Waals surface area contributed by atoms with E-state index in [1.165, 1.54) is 21.8 Å². The Kier molecular flexibility index (Phi) is 4.26. The number of carbonyl (C=O) groups excluding carboxylic acids is 2. The standard InChI is InChI=1S/C20H17N3O2S/c1-2-13-7-9-14(10-8-13)19-22-16(12-26-19)20(25)23-11-18(24)21-15-5-3-4-6-17(15)23/h3-10,12H,2,11H2,1H3,(H,21,24). The third kappa shape index (κ3) is 2.99. The van der Waals surface area contributed by atoms with Crippen LogP contribution >= 0.6 is 11.3 Å². The fourth-order valence-electron chi connectivity index (χ4n) is 2.94. The number of hydrogen-bond donors (Lipinski definition) is 1. The predicted octanol–water partition coefficient (Wildman–Crippen LogP) is 3.97. The molecule has 4 rings (SSSR count). The molecule has 1 aliphatic rings. The summed E-state index contributed by atoms with van der Waals surface area (Å²) in [7, 11) is 0. The van der Waals surface area contributed by atoms with Gasteiger partial charge in [-0.2, -0.15) is 0 Å². The largest absolute Gasteiger partial charge is 0.323 e. The van der Waals surface area contributed by atoms with E-state index in [2.05, 4.69) is 29.4 Å². The molecule has 0 aliphatic carbocycles. The minimum absolute atomic E-state index is 0.00605. The maximum Gasteiger partial charge on any atom is 0.278 e. The fraction of sp³-hybridized carbons (Fsp3) is 0.150. The first-order valence-corrected chi connectivity index (χ1v) is 9.29. The average molecular weight is 363 g/mol. The van der Waals surface area contributed by atoms with Crippen molar-refractivity contribution in [3.05, 3.63) is 65.2 Å². The van der Waals surface area contributed by atoms with Crippen LogP contribution in [0.2, 0.25) is 0 Å². The van der Waals surface area contributed by atoms with E-state index >= 15 is 0 Å². The Morgan fingerprint density at radius 3 is 2.73 bits per heavy atom. The molecule has 0 atom stereocenters. The van der Waals surface area contributed by atoms with Crippen LogP contribution in [0.25, 0.3) is 10.6 Å². The summed E-state index contributed by atoms with van der Waals surface area (Å²) >= 11 is 1.43. The summed E-state index contributed by atoms with van der Waals surface area (Å²) in [4.78, 5) is 30.9. The molecule has 0 spiro atoms. The van der Waals surface area contributed by atoms with Gasteiger partial charge < -0.3 is 5.32 Å². The Morgan fingerprint density at radius 2 is 1.96 bits per heavy atom. The molecule has 2 heterocycles. The lowest BCUT2D eigenvalue weighted by Crippen LogP contribution is -2.42. The molecular formula is C20H17N3O2S. The monoisotopic (exact) mass is 363 g/mol. The highest BCUT2D eigenvalue weighted by molar-refractivity contribution is 7.13. The summed E-state index contributed by atoms with van der Waals surface area (Å²) in [6.45, 7) is 2.11. The zero-order valence-electron chi connectivity index (χ0n) is 14.2. The molecule has 3 aromatic rings. The molecule has 1 N–H and O–H groups in total. The lowest BCUT2D eigenvalue weighted by atomic mass is 10.1. The van der Waals surface area contributed by atoms with Crippen LogP contribution in [0.5, 0.6) is 0 Å². The second kappa shape index (κ2) is 6.72. The van der Waals surface area contributed by atoms with Gasteiger partial charge in [0.1, 0.15) is 17.2 Å². The van der Waals surface area contributed by atoms with Gasteiger partial charge in [-0.3, -0.25) is 14.5 Å². The van der Waals surface area contributed by atoms with Crippen molar-refractivity contribution in [2.24, 2.45) is 0 Å². The van der Waals surface area contributed by atoms with Crippen molar-refractivity contribution in [3.8, 4) is 10.6 Å². The minimum Gasteiger partial charge on any atom is -0.323 e. The number of nitrogens with one attached hydrogen (secondary N) is 1. The highest BCUT2D eigenvalue weighted by Gasteiger charge is 2.28. The molecule has 0 fully saturated rings. The van der Waals surface area contributed by atoms with Gasteiger partial charge in [-0.1, -0.05) is 43.3 Å². The molecule has 6 heteroatoms. The van der Waals surface area contributed by atoms with Gasteiger partial charge in [-0.15, -0.1) is 11.3 Å². The van der Waals surface area contributed by atoms with Crippen molar-refractivity contribution < 1.29 is 9.59 Å². The number of amides is 2. The second-order valence-electron chi connectivity index (χ2n) is 6.04. The normalized spacial score (nSPS) is 13.3. The van der Waals surface area contributed by atoms with E-state index in [4.69, 9.17) is 0 Å². The smallest absolute Gasteiger partial charge is 0.278 e. The number of anilines is 2. The van der Waals surface area contributed by atoms with Crippen molar-refractivity contribution in [2.45, 2.75) is 13.3 Å². The Labute approximate surface area is 155 Å². The van der Waals surface area contributed by atoms with E-state index in [0.29, 0.717) is 17.1 Å². The molecule has 130 valence electrons. The van der Waals surface area contributed by atoms with Crippen LogP contribution in [0.1, 0.15) is 23.0 Å². The number of fused-ring (bicyclic) bond motifs is 1. The molecule has 0 saturated heterocycles. The quantitative estimate of drug-likeness (QED) is 0.766. The summed E-state index contributed by atoms with van der Waals surface area (Å²) in [5, 5.41) is 5.33. The summed E-state index contributed by atoms with van der Waals surface area (Å²) in [5.41, 5.74) is 3.94. The minimum atomic E-state index is -0.264. The first-order chi connectivity index (χ1) is 12.7. The molecule has 0 saturated carbocycles. The Bertz CT molecular complexity index is 979. The molecular weight excluding hydrogens is 346 g/mol. The van der Waals surface area contributed by atoms with E-state index in [0.717, 1.165) is 17.0 Å².